The van der Waals surface area contributed by atoms with E-state index in [0.717, 1.165) is 22.3 Å². The van der Waals surface area contributed by atoms with Crippen molar-refractivity contribution in [3.63, 3.8) is 0 Å². The monoisotopic (exact) mass is 926 g/mol. The SMILES string of the molecule is C[Si]1(C)c2cc3c(cc2-c2c1cc(-c1ccc(-c4ccccc4)c4ccccc14)c1oc4ccccc4c21)[Si](C)(C)c1cc(-c2ccc(-c4ccccc4)c4ccccc24)c2oc4ccccc4c2c1-3. The van der Waals surface area contributed by atoms with Crippen molar-refractivity contribution < 1.29 is 8.83 Å². The summed E-state index contributed by atoms with van der Waals surface area (Å²) in [6, 6.07) is 76.4. The van der Waals surface area contributed by atoms with Gasteiger partial charge in [0.25, 0.3) is 0 Å². The number of hydrogen-bond acceptors (Lipinski definition) is 2. The van der Waals surface area contributed by atoms with Crippen LogP contribution in [0.15, 0.2) is 215 Å². The van der Waals surface area contributed by atoms with Gasteiger partial charge >= 0.3 is 0 Å². The fraction of sp³-hybridized carbons (Fsp3) is 0.0606. The maximum absolute atomic E-state index is 7.11. The van der Waals surface area contributed by atoms with Gasteiger partial charge in [-0.25, -0.2) is 0 Å². The summed E-state index contributed by atoms with van der Waals surface area (Å²) in [6.07, 6.45) is 0. The molecule has 0 bridgehead atoms. The van der Waals surface area contributed by atoms with Crippen LogP contribution in [0.25, 0.3) is 132 Å². The van der Waals surface area contributed by atoms with Gasteiger partial charge in [0, 0.05) is 32.7 Å². The van der Waals surface area contributed by atoms with Crippen molar-refractivity contribution in [2.24, 2.45) is 0 Å². The normalized spacial score (nSPS) is 14.2. The van der Waals surface area contributed by atoms with E-state index in [1.165, 1.54) is 131 Å². The van der Waals surface area contributed by atoms with Gasteiger partial charge in [0.05, 0.1) is 0 Å². The molecule has 0 spiro atoms. The lowest BCUT2D eigenvalue weighted by molar-refractivity contribution is 0.670. The van der Waals surface area contributed by atoms with Crippen LogP contribution in [0.5, 0.6) is 0 Å². The van der Waals surface area contributed by atoms with E-state index in [1.54, 1.807) is 0 Å². The zero-order valence-electron chi connectivity index (χ0n) is 39.4. The molecule has 0 unspecified atom stereocenters. The summed E-state index contributed by atoms with van der Waals surface area (Å²) in [5.41, 5.74) is 19.0. The standard InChI is InChI=1S/C66H46O2Si2/c1-69(2)57-37-54-58(38-53(57)61-59(69)35-51(65-63(61)49-27-15-17-29-55(49)67-65)47-33-31-41(39-19-7-5-8-20-39)43-23-11-13-25-45(43)47)70(3,4)60-36-52(66-64(62(54)60)50-28-16-18-30-56(50)68-66)48-34-32-42(40-21-9-6-10-22-40)44-24-12-14-26-46(44)48/h5-38H,1-4H3. The first-order chi connectivity index (χ1) is 34.3. The average molecular weight is 927 g/mol. The molecule has 2 aromatic heterocycles. The Hall–Kier alpha value is -8.03. The van der Waals surface area contributed by atoms with Gasteiger partial charge in [-0.3, -0.25) is 0 Å². The summed E-state index contributed by atoms with van der Waals surface area (Å²) in [7, 11) is -4.69. The first kappa shape index (κ1) is 39.9. The van der Waals surface area contributed by atoms with Crippen molar-refractivity contribution >= 4 is 102 Å². The van der Waals surface area contributed by atoms with Crippen molar-refractivity contribution in [3.05, 3.63) is 206 Å². The Bertz CT molecular complexity index is 4120. The molecule has 2 nitrogen and oxygen atoms in total. The lowest BCUT2D eigenvalue weighted by Crippen LogP contribution is -2.51. The second-order valence-corrected chi connectivity index (χ2v) is 29.3. The molecule has 2 aliphatic heterocycles. The molecule has 0 radical (unpaired) electrons. The molecule has 2 aliphatic rings. The highest BCUT2D eigenvalue weighted by Crippen LogP contribution is 2.50. The predicted octanol–water partition coefficient (Wildman–Crippen LogP) is 16.1. The molecule has 0 N–H and O–H groups in total. The summed E-state index contributed by atoms with van der Waals surface area (Å²) in [4.78, 5) is 0. The van der Waals surface area contributed by atoms with E-state index in [0.29, 0.717) is 0 Å². The second kappa shape index (κ2) is 14.3. The number of para-hydroxylation sites is 2. The van der Waals surface area contributed by atoms with Crippen LogP contribution in [0.4, 0.5) is 0 Å². The van der Waals surface area contributed by atoms with Crippen molar-refractivity contribution in [2.45, 2.75) is 26.2 Å². The summed E-state index contributed by atoms with van der Waals surface area (Å²) in [5, 5.41) is 15.8. The molecule has 13 aromatic rings. The van der Waals surface area contributed by atoms with Crippen molar-refractivity contribution in [3.8, 4) is 66.8 Å². The van der Waals surface area contributed by atoms with Crippen molar-refractivity contribution in [2.75, 3.05) is 0 Å². The molecular formula is C66H46O2Si2. The van der Waals surface area contributed by atoms with Gasteiger partial charge in [0.15, 0.2) is 0 Å². The molecule has 330 valence electrons. The zero-order valence-corrected chi connectivity index (χ0v) is 41.4. The Morgan fingerprint density at radius 3 is 0.986 bits per heavy atom. The fourth-order valence-corrected chi connectivity index (χ4v) is 19.0. The van der Waals surface area contributed by atoms with E-state index in [4.69, 9.17) is 8.83 Å². The predicted molar refractivity (Wildman–Crippen MR) is 302 cm³/mol. The largest absolute Gasteiger partial charge is 0.455 e. The van der Waals surface area contributed by atoms with Gasteiger partial charge < -0.3 is 8.83 Å². The van der Waals surface area contributed by atoms with E-state index < -0.39 is 16.1 Å². The minimum atomic E-state index is -2.35. The van der Waals surface area contributed by atoms with Crippen molar-refractivity contribution in [1.29, 1.82) is 0 Å². The van der Waals surface area contributed by atoms with Crippen molar-refractivity contribution in [1.82, 2.24) is 0 Å². The maximum atomic E-state index is 7.11. The second-order valence-electron chi connectivity index (χ2n) is 20.6. The Morgan fingerprint density at radius 2 is 0.586 bits per heavy atom. The highest BCUT2D eigenvalue weighted by molar-refractivity contribution is 7.06. The van der Waals surface area contributed by atoms with Crippen LogP contribution in [-0.4, -0.2) is 16.1 Å². The zero-order chi connectivity index (χ0) is 46.6. The highest BCUT2D eigenvalue weighted by atomic mass is 28.3. The summed E-state index contributed by atoms with van der Waals surface area (Å²) in [6.45, 7) is 10.3. The first-order valence-electron chi connectivity index (χ1n) is 24.6. The smallest absolute Gasteiger partial charge is 0.143 e. The van der Waals surface area contributed by atoms with Gasteiger partial charge in [-0.05, 0) is 110 Å². The number of rotatable bonds is 4. The van der Waals surface area contributed by atoms with E-state index in [1.807, 2.05) is 0 Å². The van der Waals surface area contributed by atoms with Gasteiger partial charge in [0.1, 0.15) is 38.5 Å². The molecule has 4 heteroatoms. The van der Waals surface area contributed by atoms with Gasteiger partial charge in [0.2, 0.25) is 0 Å². The minimum Gasteiger partial charge on any atom is -0.455 e. The summed E-state index contributed by atoms with van der Waals surface area (Å²) < 4.78 is 14.2. The highest BCUT2D eigenvalue weighted by Gasteiger charge is 2.46. The lowest BCUT2D eigenvalue weighted by atomic mass is 9.88. The fourth-order valence-electron chi connectivity index (χ4n) is 12.9. The molecule has 0 saturated heterocycles. The van der Waals surface area contributed by atoms with Crippen LogP contribution in [-0.2, 0) is 0 Å². The third-order valence-electron chi connectivity index (χ3n) is 16.3. The minimum absolute atomic E-state index is 0.930. The van der Waals surface area contributed by atoms with E-state index in [2.05, 4.69) is 232 Å². The van der Waals surface area contributed by atoms with Crippen LogP contribution in [0.2, 0.25) is 26.2 Å². The number of hydrogen-bond donors (Lipinski definition) is 0. The molecule has 70 heavy (non-hydrogen) atoms. The lowest BCUT2D eigenvalue weighted by Gasteiger charge is -2.22. The van der Waals surface area contributed by atoms with Gasteiger partial charge in [-0.2, -0.15) is 0 Å². The van der Waals surface area contributed by atoms with Crippen LogP contribution in [0.1, 0.15) is 0 Å². The van der Waals surface area contributed by atoms with Gasteiger partial charge in [-0.1, -0.05) is 220 Å². The maximum Gasteiger partial charge on any atom is 0.143 e. The first-order valence-corrected chi connectivity index (χ1v) is 30.6. The molecule has 11 aromatic carbocycles. The molecule has 0 atom stereocenters. The van der Waals surface area contributed by atoms with E-state index >= 15 is 0 Å². The van der Waals surface area contributed by atoms with E-state index in [9.17, 15) is 0 Å². The number of benzene rings is 11. The molecule has 0 fully saturated rings. The summed E-state index contributed by atoms with van der Waals surface area (Å²) >= 11 is 0. The molecule has 4 heterocycles. The summed E-state index contributed by atoms with van der Waals surface area (Å²) in [5.74, 6) is 0. The topological polar surface area (TPSA) is 26.3 Å². The van der Waals surface area contributed by atoms with Crippen LogP contribution < -0.4 is 20.7 Å². The van der Waals surface area contributed by atoms with E-state index in [-0.39, 0.29) is 0 Å². The molecule has 0 amide bonds. The Labute approximate surface area is 408 Å². The average Bonchev–Trinajstić information content (AvgIpc) is 4.10. The molecule has 15 rings (SSSR count). The third-order valence-corrected chi connectivity index (χ3v) is 23.3. The molecular weight excluding hydrogens is 881 g/mol. The third kappa shape index (κ3) is 5.32. The Balaban J connectivity index is 0.981. The molecule has 0 saturated carbocycles. The Morgan fingerprint density at radius 1 is 0.271 bits per heavy atom. The van der Waals surface area contributed by atoms with Crippen LogP contribution in [0, 0.1) is 0 Å². The van der Waals surface area contributed by atoms with Crippen LogP contribution >= 0.6 is 0 Å². The number of furan rings is 2. The Kier molecular flexibility index (Phi) is 8.14. The molecule has 0 aliphatic carbocycles. The number of fused-ring (bicyclic) bond motifs is 16. The van der Waals surface area contributed by atoms with Gasteiger partial charge in [-0.15, -0.1) is 0 Å². The quantitative estimate of drug-likeness (QED) is 0.164. The van der Waals surface area contributed by atoms with Crippen LogP contribution in [0.3, 0.4) is 0 Å².